The topological polar surface area (TPSA) is 56.8 Å². The number of likely N-dealkylation sites (N-methyl/N-ethyl adjacent to an activating group) is 1. The van der Waals surface area contributed by atoms with Gasteiger partial charge in [0.05, 0.1) is 6.54 Å². The Hall–Kier alpha value is -2.21. The number of pyridine rings is 1. The van der Waals surface area contributed by atoms with Crippen LogP contribution in [0, 0.1) is 0 Å². The van der Waals surface area contributed by atoms with Gasteiger partial charge in [-0.25, -0.2) is 0 Å². The number of amides is 2. The average Bonchev–Trinajstić information content (AvgIpc) is 2.87. The molecule has 0 spiro atoms. The molecule has 6 nitrogen and oxygen atoms in total. The lowest BCUT2D eigenvalue weighted by molar-refractivity contribution is -0.132. The molecule has 136 valence electrons. The summed E-state index contributed by atoms with van der Waals surface area (Å²) in [5.74, 6) is 0.182. The van der Waals surface area contributed by atoms with Gasteiger partial charge in [-0.1, -0.05) is 6.07 Å². The smallest absolute Gasteiger partial charge is 0.246 e. The van der Waals surface area contributed by atoms with Crippen LogP contribution in [-0.4, -0.2) is 77.3 Å². The van der Waals surface area contributed by atoms with E-state index in [1.807, 2.05) is 35.8 Å². The number of aromatic nitrogens is 1. The number of carbonyl (C=O) groups excluding carboxylic acids is 2. The third kappa shape index (κ3) is 5.98. The van der Waals surface area contributed by atoms with E-state index in [1.165, 1.54) is 0 Å². The molecule has 0 bridgehead atoms. The second-order valence-electron chi connectivity index (χ2n) is 6.14. The summed E-state index contributed by atoms with van der Waals surface area (Å²) in [7, 11) is 0. The highest BCUT2D eigenvalue weighted by atomic mass is 16.2. The molecule has 25 heavy (non-hydrogen) atoms. The molecule has 0 aromatic carbocycles. The third-order valence-electron chi connectivity index (χ3n) is 4.48. The molecule has 1 aliphatic heterocycles. The van der Waals surface area contributed by atoms with Crippen molar-refractivity contribution < 1.29 is 9.59 Å². The van der Waals surface area contributed by atoms with Gasteiger partial charge in [0.1, 0.15) is 0 Å². The number of hydrogen-bond donors (Lipinski definition) is 0. The Morgan fingerprint density at radius 3 is 2.68 bits per heavy atom. The van der Waals surface area contributed by atoms with Crippen molar-refractivity contribution in [2.24, 2.45) is 0 Å². The van der Waals surface area contributed by atoms with Gasteiger partial charge in [0.15, 0.2) is 0 Å². The first kappa shape index (κ1) is 19.1. The molecule has 2 rings (SSSR count). The Labute approximate surface area is 150 Å². The lowest BCUT2D eigenvalue weighted by atomic mass is 10.2. The fourth-order valence-electron chi connectivity index (χ4n) is 2.96. The van der Waals surface area contributed by atoms with Crippen molar-refractivity contribution in [2.45, 2.75) is 20.3 Å². The Kier molecular flexibility index (Phi) is 7.60. The Morgan fingerprint density at radius 1 is 1.20 bits per heavy atom. The number of rotatable bonds is 6. The maximum atomic E-state index is 12.4. The van der Waals surface area contributed by atoms with Crippen molar-refractivity contribution in [1.29, 1.82) is 0 Å². The van der Waals surface area contributed by atoms with Crippen LogP contribution in [0.3, 0.4) is 0 Å². The molecule has 1 aliphatic rings. The van der Waals surface area contributed by atoms with Gasteiger partial charge in [0.2, 0.25) is 11.8 Å². The first-order valence-electron chi connectivity index (χ1n) is 9.01. The summed E-state index contributed by atoms with van der Waals surface area (Å²) in [6, 6.07) is 3.76. The van der Waals surface area contributed by atoms with Crippen molar-refractivity contribution in [3.63, 3.8) is 0 Å². The van der Waals surface area contributed by atoms with E-state index in [2.05, 4.69) is 9.88 Å². The van der Waals surface area contributed by atoms with E-state index >= 15 is 0 Å². The third-order valence-corrected chi connectivity index (χ3v) is 4.48. The molecule has 6 heteroatoms. The fourth-order valence-corrected chi connectivity index (χ4v) is 2.96. The van der Waals surface area contributed by atoms with Gasteiger partial charge in [-0.2, -0.15) is 0 Å². The van der Waals surface area contributed by atoms with Gasteiger partial charge in [0, 0.05) is 57.7 Å². The molecule has 0 N–H and O–H groups in total. The van der Waals surface area contributed by atoms with Gasteiger partial charge in [0.25, 0.3) is 0 Å². The maximum absolute atomic E-state index is 12.4. The highest BCUT2D eigenvalue weighted by Gasteiger charge is 2.20. The predicted octanol–water partition coefficient (Wildman–Crippen LogP) is 1.50. The SMILES string of the molecule is CCN(CC)C(=O)CN1CCCN(C(=O)/C=C/c2cccnc2)CC1. The number of nitrogens with zero attached hydrogens (tertiary/aromatic N) is 4. The van der Waals surface area contributed by atoms with Gasteiger partial charge in [-0.15, -0.1) is 0 Å². The molecule has 0 saturated carbocycles. The molecular formula is C19H28N4O2. The van der Waals surface area contributed by atoms with Crippen molar-refractivity contribution >= 4 is 17.9 Å². The summed E-state index contributed by atoms with van der Waals surface area (Å²) < 4.78 is 0. The Balaban J connectivity index is 1.85. The maximum Gasteiger partial charge on any atom is 0.246 e. The predicted molar refractivity (Wildman–Crippen MR) is 98.8 cm³/mol. The summed E-state index contributed by atoms with van der Waals surface area (Å²) >= 11 is 0. The van der Waals surface area contributed by atoms with Crippen molar-refractivity contribution in [2.75, 3.05) is 45.8 Å². The minimum Gasteiger partial charge on any atom is -0.342 e. The van der Waals surface area contributed by atoms with Crippen LogP contribution in [-0.2, 0) is 9.59 Å². The van der Waals surface area contributed by atoms with E-state index in [0.717, 1.165) is 44.7 Å². The Bertz CT molecular complexity index is 584. The number of carbonyl (C=O) groups is 2. The molecule has 0 unspecified atom stereocenters. The first-order valence-corrected chi connectivity index (χ1v) is 9.01. The van der Waals surface area contributed by atoms with E-state index in [9.17, 15) is 9.59 Å². The van der Waals surface area contributed by atoms with Crippen LogP contribution in [0.4, 0.5) is 0 Å². The molecule has 1 aromatic heterocycles. The minimum absolute atomic E-state index is 0.0146. The monoisotopic (exact) mass is 344 g/mol. The molecule has 1 saturated heterocycles. The van der Waals surface area contributed by atoms with Gasteiger partial charge < -0.3 is 9.80 Å². The molecular weight excluding hydrogens is 316 g/mol. The zero-order chi connectivity index (χ0) is 18.1. The van der Waals surface area contributed by atoms with Crippen molar-refractivity contribution in [1.82, 2.24) is 19.7 Å². The van der Waals surface area contributed by atoms with Gasteiger partial charge >= 0.3 is 0 Å². The van der Waals surface area contributed by atoms with Gasteiger partial charge in [-0.3, -0.25) is 19.5 Å². The zero-order valence-electron chi connectivity index (χ0n) is 15.2. The minimum atomic E-state index is 0.0146. The normalized spacial score (nSPS) is 16.0. The van der Waals surface area contributed by atoms with Crippen LogP contribution >= 0.6 is 0 Å². The molecule has 0 radical (unpaired) electrons. The second kappa shape index (κ2) is 9.93. The summed E-state index contributed by atoms with van der Waals surface area (Å²) in [5, 5.41) is 0. The van der Waals surface area contributed by atoms with E-state index in [1.54, 1.807) is 24.5 Å². The van der Waals surface area contributed by atoms with E-state index < -0.39 is 0 Å². The summed E-state index contributed by atoms with van der Waals surface area (Å²) in [5.41, 5.74) is 0.914. The largest absolute Gasteiger partial charge is 0.342 e. The van der Waals surface area contributed by atoms with Crippen molar-refractivity contribution in [3.05, 3.63) is 36.2 Å². The summed E-state index contributed by atoms with van der Waals surface area (Å²) in [6.45, 7) is 8.89. The van der Waals surface area contributed by atoms with Crippen molar-refractivity contribution in [3.8, 4) is 0 Å². The lowest BCUT2D eigenvalue weighted by Gasteiger charge is -2.25. The molecule has 1 aromatic rings. The molecule has 2 heterocycles. The quantitative estimate of drug-likeness (QED) is 0.734. The molecule has 0 atom stereocenters. The molecule has 2 amide bonds. The summed E-state index contributed by atoms with van der Waals surface area (Å²) in [6.07, 6.45) is 7.72. The van der Waals surface area contributed by atoms with Crippen LogP contribution in [0.1, 0.15) is 25.8 Å². The lowest BCUT2D eigenvalue weighted by Crippen LogP contribution is -2.41. The Morgan fingerprint density at radius 2 is 2.00 bits per heavy atom. The molecule has 1 fully saturated rings. The van der Waals surface area contributed by atoms with E-state index in [0.29, 0.717) is 13.1 Å². The highest BCUT2D eigenvalue weighted by Crippen LogP contribution is 2.06. The van der Waals surface area contributed by atoms with Crippen LogP contribution in [0.2, 0.25) is 0 Å². The van der Waals surface area contributed by atoms with E-state index in [4.69, 9.17) is 0 Å². The average molecular weight is 344 g/mol. The van der Waals surface area contributed by atoms with Crippen LogP contribution in [0.15, 0.2) is 30.6 Å². The van der Waals surface area contributed by atoms with E-state index in [-0.39, 0.29) is 11.8 Å². The van der Waals surface area contributed by atoms with Crippen LogP contribution in [0.5, 0.6) is 0 Å². The highest BCUT2D eigenvalue weighted by molar-refractivity contribution is 5.91. The standard InChI is InChI=1S/C19H28N4O2/c1-3-22(4-2)19(25)16-21-11-6-12-23(14-13-21)18(24)9-8-17-7-5-10-20-15-17/h5,7-10,15H,3-4,6,11-14,16H2,1-2H3/b9-8+. The number of hydrogen-bond acceptors (Lipinski definition) is 4. The zero-order valence-corrected chi connectivity index (χ0v) is 15.2. The summed E-state index contributed by atoms with van der Waals surface area (Å²) in [4.78, 5) is 34.5. The first-order chi connectivity index (χ1) is 12.1. The van der Waals surface area contributed by atoms with Gasteiger partial charge in [-0.05, 0) is 38.0 Å². The van der Waals surface area contributed by atoms with Crippen LogP contribution in [0.25, 0.3) is 6.08 Å². The molecule has 0 aliphatic carbocycles. The fraction of sp³-hybridized carbons (Fsp3) is 0.526. The second-order valence-corrected chi connectivity index (χ2v) is 6.14. The van der Waals surface area contributed by atoms with Crippen LogP contribution < -0.4 is 0 Å².